The molecular formula is C30H23ClF3N11O5. The molecule has 5 aromatic rings. The molecule has 50 heavy (non-hydrogen) atoms. The summed E-state index contributed by atoms with van der Waals surface area (Å²) in [5.74, 6) is -4.44. The van der Waals surface area contributed by atoms with E-state index in [2.05, 4.69) is 36.1 Å². The molecule has 0 spiro atoms. The zero-order valence-electron chi connectivity index (χ0n) is 25.7. The highest BCUT2D eigenvalue weighted by atomic mass is 35.5. The number of halogens is 4. The predicted octanol–water partition coefficient (Wildman–Crippen LogP) is 3.25. The van der Waals surface area contributed by atoms with Crippen molar-refractivity contribution in [2.75, 3.05) is 12.4 Å². The van der Waals surface area contributed by atoms with Gasteiger partial charge in [0, 0.05) is 19.4 Å². The highest BCUT2D eigenvalue weighted by molar-refractivity contribution is 6.32. The van der Waals surface area contributed by atoms with Gasteiger partial charge >= 0.3 is 12.1 Å². The second kappa shape index (κ2) is 15.0. The molecule has 5 rings (SSSR count). The lowest BCUT2D eigenvalue weighted by atomic mass is 10.0. The SMILES string of the molecule is CNC(=O)c1cc(C#N)cc(C)c1NC(=O)c1cc(C(=O)O)ccc1C(N)=O.FC(F)(F)c1nnn(Cc2ccn(-c3ncccc3Cl)n2)n1. The topological polar surface area (TPSA) is 237 Å². The van der Waals surface area contributed by atoms with Crippen molar-refractivity contribution in [3.05, 3.63) is 111 Å². The van der Waals surface area contributed by atoms with Crippen LogP contribution in [0, 0.1) is 18.3 Å². The summed E-state index contributed by atoms with van der Waals surface area (Å²) in [7, 11) is 1.39. The Kier molecular flexibility index (Phi) is 10.9. The molecule has 0 atom stereocenters. The number of nitriles is 1. The molecule has 2 aromatic carbocycles. The Morgan fingerprint density at radius 3 is 2.38 bits per heavy atom. The van der Waals surface area contributed by atoms with E-state index >= 15 is 0 Å². The van der Waals surface area contributed by atoms with E-state index in [9.17, 15) is 32.3 Å². The summed E-state index contributed by atoms with van der Waals surface area (Å²) >= 11 is 5.99. The minimum atomic E-state index is -4.63. The van der Waals surface area contributed by atoms with Gasteiger partial charge in [0.1, 0.15) is 6.54 Å². The smallest absolute Gasteiger partial charge is 0.455 e. The van der Waals surface area contributed by atoms with E-state index in [1.165, 1.54) is 23.9 Å². The first kappa shape index (κ1) is 36.2. The first-order valence-corrected chi connectivity index (χ1v) is 14.3. The molecule has 3 heterocycles. The van der Waals surface area contributed by atoms with E-state index < -0.39 is 35.7 Å². The number of carboxylic acids is 1. The minimum absolute atomic E-state index is 0.0439. The molecule has 3 amide bonds. The van der Waals surface area contributed by atoms with Crippen LogP contribution < -0.4 is 16.4 Å². The van der Waals surface area contributed by atoms with Gasteiger partial charge in [-0.3, -0.25) is 14.4 Å². The first-order chi connectivity index (χ1) is 23.6. The lowest BCUT2D eigenvalue weighted by Gasteiger charge is -2.15. The van der Waals surface area contributed by atoms with Crippen molar-refractivity contribution >= 4 is 41.0 Å². The Morgan fingerprint density at radius 2 is 1.78 bits per heavy atom. The Bertz CT molecular complexity index is 2160. The van der Waals surface area contributed by atoms with Crippen molar-refractivity contribution in [1.29, 1.82) is 5.26 Å². The normalized spacial score (nSPS) is 10.7. The maximum atomic E-state index is 12.8. The van der Waals surface area contributed by atoms with Crippen molar-refractivity contribution in [3.8, 4) is 11.9 Å². The molecule has 0 aliphatic carbocycles. The monoisotopic (exact) mass is 709 g/mol. The van der Waals surface area contributed by atoms with Gasteiger partial charge in [0.05, 0.1) is 50.3 Å². The number of hydrogen-bond acceptors (Lipinski definition) is 10. The summed E-state index contributed by atoms with van der Waals surface area (Å²) in [6, 6.07) is 13.0. The molecule has 3 aromatic heterocycles. The molecule has 0 aliphatic heterocycles. The van der Waals surface area contributed by atoms with Crippen LogP contribution in [0.3, 0.4) is 0 Å². The molecule has 256 valence electrons. The lowest BCUT2D eigenvalue weighted by Crippen LogP contribution is -2.24. The molecule has 16 nitrogen and oxygen atoms in total. The maximum Gasteiger partial charge on any atom is 0.455 e. The Morgan fingerprint density at radius 1 is 1.04 bits per heavy atom. The van der Waals surface area contributed by atoms with Gasteiger partial charge in [0.2, 0.25) is 5.91 Å². The molecule has 0 saturated heterocycles. The van der Waals surface area contributed by atoms with Crippen LogP contribution in [0.5, 0.6) is 0 Å². The summed E-state index contributed by atoms with van der Waals surface area (Å²) in [6.45, 7) is 1.53. The van der Waals surface area contributed by atoms with E-state index in [1.54, 1.807) is 37.5 Å². The quantitative estimate of drug-likeness (QED) is 0.182. The summed E-state index contributed by atoms with van der Waals surface area (Å²) in [5.41, 5.74) is 5.90. The van der Waals surface area contributed by atoms with Crippen LogP contribution in [0.15, 0.2) is 60.9 Å². The van der Waals surface area contributed by atoms with Crippen LogP contribution in [0.4, 0.5) is 18.9 Å². The Balaban J connectivity index is 0.000000231. The van der Waals surface area contributed by atoms with Gasteiger partial charge in [-0.1, -0.05) is 11.6 Å². The number of aryl methyl sites for hydroxylation is 1. The molecule has 5 N–H and O–H groups in total. The van der Waals surface area contributed by atoms with Gasteiger partial charge in [-0.25, -0.2) is 14.5 Å². The van der Waals surface area contributed by atoms with E-state index in [4.69, 9.17) is 27.7 Å². The van der Waals surface area contributed by atoms with E-state index in [-0.39, 0.29) is 40.0 Å². The van der Waals surface area contributed by atoms with Gasteiger partial charge in [-0.2, -0.15) is 28.3 Å². The zero-order valence-corrected chi connectivity index (χ0v) is 26.5. The molecule has 20 heteroatoms. The zero-order chi connectivity index (χ0) is 36.7. The lowest BCUT2D eigenvalue weighted by molar-refractivity contribution is -0.145. The Labute approximate surface area is 284 Å². The van der Waals surface area contributed by atoms with Crippen molar-refractivity contribution in [1.82, 2.24) is 40.3 Å². The largest absolute Gasteiger partial charge is 0.478 e. The number of nitrogens with zero attached hydrogens (tertiary/aromatic N) is 8. The molecular weight excluding hydrogens is 687 g/mol. The second-order valence-corrected chi connectivity index (χ2v) is 10.4. The van der Waals surface area contributed by atoms with Crippen molar-refractivity contribution < 1.29 is 37.5 Å². The van der Waals surface area contributed by atoms with Gasteiger partial charge < -0.3 is 21.5 Å². The van der Waals surface area contributed by atoms with E-state index in [1.807, 2.05) is 6.07 Å². The third-order valence-corrected chi connectivity index (χ3v) is 6.86. The van der Waals surface area contributed by atoms with Crippen LogP contribution in [0.1, 0.15) is 64.1 Å². The highest BCUT2D eigenvalue weighted by Crippen LogP contribution is 2.26. The van der Waals surface area contributed by atoms with Gasteiger partial charge in [-0.15, -0.1) is 10.2 Å². The minimum Gasteiger partial charge on any atom is -0.478 e. The number of rotatable bonds is 8. The Hall–Kier alpha value is -6.68. The van der Waals surface area contributed by atoms with Gasteiger partial charge in [0.15, 0.2) is 5.82 Å². The molecule has 0 bridgehead atoms. The molecule has 0 radical (unpaired) electrons. The van der Waals surface area contributed by atoms with E-state index in [0.29, 0.717) is 22.1 Å². The van der Waals surface area contributed by atoms with Crippen LogP contribution in [0.2, 0.25) is 5.02 Å². The summed E-state index contributed by atoms with van der Waals surface area (Å²) in [4.78, 5) is 52.6. The third-order valence-electron chi connectivity index (χ3n) is 6.56. The summed E-state index contributed by atoms with van der Waals surface area (Å²) < 4.78 is 38.6. The molecule has 0 saturated carbocycles. The van der Waals surface area contributed by atoms with Crippen molar-refractivity contribution in [2.45, 2.75) is 19.6 Å². The standard InChI is InChI=1S/C19H16N4O5.C11H7ClF3N7/c1-9-5-10(8-20)6-14(17(25)22-2)15(9)23-18(26)13-7-11(19(27)28)3-4-12(13)16(21)24;12-8-2-1-4-16-9(8)21-5-3-7(18-21)6-22-19-10(17-20-22)11(13,14)15/h3-7H,1-2H3,(H2,21,24)(H,22,25)(H,23,26)(H,27,28);1-5H,6H2. The number of aromatic carboxylic acids is 1. The highest BCUT2D eigenvalue weighted by Gasteiger charge is 2.36. The number of nitrogens with two attached hydrogens (primary N) is 1. The van der Waals surface area contributed by atoms with Gasteiger partial charge in [0.25, 0.3) is 17.6 Å². The molecule has 0 aliphatic rings. The number of carboxylic acid groups (broad SMARTS) is 1. The number of nitrogens with one attached hydrogen (secondary N) is 2. The van der Waals surface area contributed by atoms with Crippen LogP contribution in [-0.4, -0.2) is 70.8 Å². The number of benzene rings is 2. The average molecular weight is 710 g/mol. The third kappa shape index (κ3) is 8.42. The molecule has 0 unspecified atom stereocenters. The fraction of sp³-hybridized carbons (Fsp3) is 0.133. The predicted molar refractivity (Wildman–Crippen MR) is 167 cm³/mol. The maximum absolute atomic E-state index is 12.8. The number of tetrazole rings is 1. The van der Waals surface area contributed by atoms with E-state index in [0.717, 1.165) is 23.0 Å². The fourth-order valence-electron chi connectivity index (χ4n) is 4.27. The van der Waals surface area contributed by atoms with Crippen LogP contribution in [-0.2, 0) is 12.7 Å². The number of aromatic nitrogens is 7. The number of primary amides is 1. The molecule has 0 fully saturated rings. The first-order valence-electron chi connectivity index (χ1n) is 13.9. The number of carbonyl (C=O) groups excluding carboxylic acids is 3. The fourth-order valence-corrected chi connectivity index (χ4v) is 4.48. The number of hydrogen-bond donors (Lipinski definition) is 4. The van der Waals surface area contributed by atoms with Crippen LogP contribution >= 0.6 is 11.6 Å². The number of pyridine rings is 1. The van der Waals surface area contributed by atoms with Crippen molar-refractivity contribution in [3.63, 3.8) is 0 Å². The number of carbonyl (C=O) groups is 4. The van der Waals surface area contributed by atoms with Crippen molar-refractivity contribution in [2.24, 2.45) is 5.73 Å². The van der Waals surface area contributed by atoms with Gasteiger partial charge in [-0.05, 0) is 66.2 Å². The number of anilines is 1. The number of alkyl halides is 3. The number of amides is 3. The summed E-state index contributed by atoms with van der Waals surface area (Å²) in [5, 5.41) is 37.3. The second-order valence-electron chi connectivity index (χ2n) is 9.99. The summed E-state index contributed by atoms with van der Waals surface area (Å²) in [6.07, 6.45) is -1.48. The average Bonchev–Trinajstić information content (AvgIpc) is 3.75. The van der Waals surface area contributed by atoms with Crippen LogP contribution in [0.25, 0.3) is 5.82 Å².